The molecular formula is C10H22N4O2. The summed E-state index contributed by atoms with van der Waals surface area (Å²) in [4.78, 5) is 22.6. The Hall–Kier alpha value is -0.820. The van der Waals surface area contributed by atoms with Crippen LogP contribution in [0.3, 0.4) is 0 Å². The van der Waals surface area contributed by atoms with E-state index in [0.29, 0.717) is 25.7 Å². The van der Waals surface area contributed by atoms with E-state index in [-0.39, 0.29) is 24.4 Å². The molecule has 6 heteroatoms. The minimum atomic E-state index is -0.418. The summed E-state index contributed by atoms with van der Waals surface area (Å²) in [5.74, 6) is -0.711. The van der Waals surface area contributed by atoms with Gasteiger partial charge in [-0.05, 0) is 25.7 Å². The second kappa shape index (κ2) is 8.35. The number of carbonyl (C=O) groups is 2. The predicted octanol–water partition coefficient (Wildman–Crippen LogP) is -1.05. The topological polar surface area (TPSA) is 138 Å². The molecule has 0 amide bonds. The van der Waals surface area contributed by atoms with Crippen LogP contribution >= 0.6 is 0 Å². The first kappa shape index (κ1) is 15.2. The minimum absolute atomic E-state index is 0.221. The summed E-state index contributed by atoms with van der Waals surface area (Å²) in [5.41, 5.74) is 21.3. The van der Waals surface area contributed by atoms with Gasteiger partial charge >= 0.3 is 0 Å². The van der Waals surface area contributed by atoms with E-state index >= 15 is 0 Å². The zero-order valence-electron chi connectivity index (χ0n) is 9.52. The molecule has 0 saturated carbocycles. The van der Waals surface area contributed by atoms with Crippen molar-refractivity contribution in [1.82, 2.24) is 0 Å². The van der Waals surface area contributed by atoms with Gasteiger partial charge in [0.15, 0.2) is 11.6 Å². The second-order valence-corrected chi connectivity index (χ2v) is 3.96. The minimum Gasteiger partial charge on any atom is -0.316 e. The fraction of sp³-hybridized carbons (Fsp3) is 0.800. The highest BCUT2D eigenvalue weighted by atomic mass is 16.2. The van der Waals surface area contributed by atoms with Crippen molar-refractivity contribution in [3.8, 4) is 0 Å². The van der Waals surface area contributed by atoms with E-state index in [9.17, 15) is 9.59 Å². The molecule has 0 aliphatic rings. The molecular weight excluding hydrogens is 208 g/mol. The molecule has 16 heavy (non-hydrogen) atoms. The highest BCUT2D eigenvalue weighted by molar-refractivity contribution is 6.37. The first-order valence-corrected chi connectivity index (χ1v) is 5.52. The first-order chi connectivity index (χ1) is 7.43. The Morgan fingerprint density at radius 2 is 1.06 bits per heavy atom. The fourth-order valence-electron chi connectivity index (χ4n) is 1.28. The van der Waals surface area contributed by atoms with Crippen molar-refractivity contribution >= 4 is 11.6 Å². The number of hydrogen-bond acceptors (Lipinski definition) is 6. The molecule has 0 fully saturated rings. The molecule has 0 radical (unpaired) electrons. The molecule has 0 atom stereocenters. The zero-order chi connectivity index (χ0) is 12.6. The van der Waals surface area contributed by atoms with Crippen molar-refractivity contribution in [3.05, 3.63) is 0 Å². The highest BCUT2D eigenvalue weighted by Crippen LogP contribution is 2.03. The molecule has 0 rings (SSSR count). The summed E-state index contributed by atoms with van der Waals surface area (Å²) in [7, 11) is 0. The van der Waals surface area contributed by atoms with Crippen LogP contribution in [-0.2, 0) is 9.59 Å². The lowest BCUT2D eigenvalue weighted by atomic mass is 10.0. The van der Waals surface area contributed by atoms with Crippen LogP contribution < -0.4 is 22.9 Å². The van der Waals surface area contributed by atoms with Crippen molar-refractivity contribution < 1.29 is 9.59 Å². The SMILES string of the molecule is NC(N)CCCC(=O)C(=O)CCCC(N)N. The molecule has 0 heterocycles. The third-order valence-electron chi connectivity index (χ3n) is 2.19. The first-order valence-electron chi connectivity index (χ1n) is 5.52. The number of nitrogens with two attached hydrogens (primary N) is 4. The van der Waals surface area contributed by atoms with Crippen molar-refractivity contribution in [2.75, 3.05) is 0 Å². The second-order valence-electron chi connectivity index (χ2n) is 3.96. The van der Waals surface area contributed by atoms with Gasteiger partial charge in [-0.2, -0.15) is 0 Å². The Bertz CT molecular complexity index is 205. The Labute approximate surface area is 95.7 Å². The van der Waals surface area contributed by atoms with Crippen LogP contribution in [0.1, 0.15) is 38.5 Å². The van der Waals surface area contributed by atoms with Crippen LogP contribution in [0.25, 0.3) is 0 Å². The van der Waals surface area contributed by atoms with Crippen LogP contribution in [0, 0.1) is 0 Å². The molecule has 94 valence electrons. The van der Waals surface area contributed by atoms with E-state index in [0.717, 1.165) is 0 Å². The van der Waals surface area contributed by atoms with Gasteiger partial charge in [-0.15, -0.1) is 0 Å². The van der Waals surface area contributed by atoms with Crippen LogP contribution in [-0.4, -0.2) is 23.9 Å². The van der Waals surface area contributed by atoms with E-state index in [4.69, 9.17) is 22.9 Å². The van der Waals surface area contributed by atoms with Gasteiger partial charge in [0.1, 0.15) is 0 Å². The molecule has 0 spiro atoms. The Morgan fingerprint density at radius 3 is 1.31 bits per heavy atom. The summed E-state index contributed by atoms with van der Waals surface area (Å²) in [6, 6.07) is 0. The monoisotopic (exact) mass is 230 g/mol. The fourth-order valence-corrected chi connectivity index (χ4v) is 1.28. The standard InChI is InChI=1S/C10H22N4O2/c11-9(12)5-1-3-7(15)8(16)4-2-6-10(13)14/h9-10H,1-6,11-14H2. The maximum Gasteiger partial charge on any atom is 0.198 e. The third kappa shape index (κ3) is 8.49. The molecule has 0 aliphatic heterocycles. The van der Waals surface area contributed by atoms with Gasteiger partial charge in [0.05, 0.1) is 12.3 Å². The van der Waals surface area contributed by atoms with Crippen molar-refractivity contribution in [3.63, 3.8) is 0 Å². The molecule has 0 unspecified atom stereocenters. The summed E-state index contributed by atoms with van der Waals surface area (Å²) >= 11 is 0. The lowest BCUT2D eigenvalue weighted by molar-refractivity contribution is -0.136. The predicted molar refractivity (Wildman–Crippen MR) is 62.0 cm³/mol. The van der Waals surface area contributed by atoms with E-state index < -0.39 is 12.3 Å². The van der Waals surface area contributed by atoms with Gasteiger partial charge < -0.3 is 22.9 Å². The van der Waals surface area contributed by atoms with Crippen LogP contribution in [0.15, 0.2) is 0 Å². The van der Waals surface area contributed by atoms with Crippen LogP contribution in [0.5, 0.6) is 0 Å². The highest BCUT2D eigenvalue weighted by Gasteiger charge is 2.13. The smallest absolute Gasteiger partial charge is 0.198 e. The summed E-state index contributed by atoms with van der Waals surface area (Å²) in [6.45, 7) is 0. The molecule has 8 N–H and O–H groups in total. The zero-order valence-corrected chi connectivity index (χ0v) is 9.52. The van der Waals surface area contributed by atoms with E-state index in [1.54, 1.807) is 0 Å². The summed E-state index contributed by atoms with van der Waals surface area (Å²) in [5, 5.41) is 0. The molecule has 0 aromatic heterocycles. The average molecular weight is 230 g/mol. The lowest BCUT2D eigenvalue weighted by Gasteiger charge is -2.05. The Morgan fingerprint density at radius 1 is 0.750 bits per heavy atom. The number of carbonyl (C=O) groups excluding carboxylic acids is 2. The molecule has 0 saturated heterocycles. The van der Waals surface area contributed by atoms with E-state index in [2.05, 4.69) is 0 Å². The molecule has 6 nitrogen and oxygen atoms in total. The van der Waals surface area contributed by atoms with Gasteiger partial charge in [0, 0.05) is 12.8 Å². The van der Waals surface area contributed by atoms with Gasteiger partial charge in [-0.25, -0.2) is 0 Å². The number of rotatable bonds is 9. The van der Waals surface area contributed by atoms with Gasteiger partial charge in [-0.3, -0.25) is 9.59 Å². The maximum atomic E-state index is 11.3. The van der Waals surface area contributed by atoms with Crippen LogP contribution in [0.2, 0.25) is 0 Å². The third-order valence-corrected chi connectivity index (χ3v) is 2.19. The van der Waals surface area contributed by atoms with Gasteiger partial charge in [0.2, 0.25) is 0 Å². The normalized spacial score (nSPS) is 11.1. The van der Waals surface area contributed by atoms with E-state index in [1.165, 1.54) is 0 Å². The van der Waals surface area contributed by atoms with Gasteiger partial charge in [0.25, 0.3) is 0 Å². The number of hydrogen-bond donors (Lipinski definition) is 4. The average Bonchev–Trinajstić information content (AvgIpc) is 2.16. The Kier molecular flexibility index (Phi) is 7.92. The summed E-state index contributed by atoms with van der Waals surface area (Å²) < 4.78 is 0. The molecule has 0 aromatic rings. The van der Waals surface area contributed by atoms with Crippen molar-refractivity contribution in [2.24, 2.45) is 22.9 Å². The molecule has 0 aromatic carbocycles. The Balaban J connectivity index is 3.62. The quantitative estimate of drug-likeness (QED) is 0.294. The van der Waals surface area contributed by atoms with Gasteiger partial charge in [-0.1, -0.05) is 0 Å². The van der Waals surface area contributed by atoms with E-state index in [1.807, 2.05) is 0 Å². The lowest BCUT2D eigenvalue weighted by Crippen LogP contribution is -2.31. The number of ketones is 2. The molecule has 0 aliphatic carbocycles. The summed E-state index contributed by atoms with van der Waals surface area (Å²) in [6.07, 6.45) is 1.81. The largest absolute Gasteiger partial charge is 0.316 e. The number of Topliss-reactive ketones (excluding diaryl/α,β-unsaturated/α-hetero) is 2. The van der Waals surface area contributed by atoms with Crippen LogP contribution in [0.4, 0.5) is 0 Å². The van der Waals surface area contributed by atoms with Crippen molar-refractivity contribution in [1.29, 1.82) is 0 Å². The maximum absolute atomic E-state index is 11.3. The van der Waals surface area contributed by atoms with Crippen molar-refractivity contribution in [2.45, 2.75) is 50.9 Å². The molecule has 0 bridgehead atoms.